The van der Waals surface area contributed by atoms with E-state index in [4.69, 9.17) is 30.6 Å². The van der Waals surface area contributed by atoms with Gasteiger partial charge in [0.1, 0.15) is 0 Å². The van der Waals surface area contributed by atoms with Gasteiger partial charge in [0, 0.05) is 0 Å². The van der Waals surface area contributed by atoms with Crippen molar-refractivity contribution in [3.8, 4) is 11.5 Å². The lowest BCUT2D eigenvalue weighted by atomic mass is 10.3. The van der Waals surface area contributed by atoms with Crippen LogP contribution in [0.15, 0.2) is 24.3 Å². The monoisotopic (exact) mass is 226 g/mol. The van der Waals surface area contributed by atoms with Crippen molar-refractivity contribution in [2.75, 3.05) is 0 Å². The molecule has 0 aliphatic heterocycles. The standard InChI is InChI=1S/C6H6O2.C2H6.2CHNO/c7-5-3-1-2-4-6(5)8;1-2;2*2-1-3/h1-4,7-8H;1-2H3;2*2H. The lowest BCUT2D eigenvalue weighted by molar-refractivity contribution is 0.404. The summed E-state index contributed by atoms with van der Waals surface area (Å²) in [5.74, 6) is -0.153. The Morgan fingerprint density at radius 1 is 0.938 bits per heavy atom. The molecular weight excluding hydrogens is 212 g/mol. The largest absolute Gasteiger partial charge is 0.504 e. The predicted octanol–water partition coefficient (Wildman–Crippen LogP) is 1.93. The van der Waals surface area contributed by atoms with Gasteiger partial charge >= 0.3 is 0 Å². The van der Waals surface area contributed by atoms with E-state index in [0.29, 0.717) is 0 Å². The summed E-state index contributed by atoms with van der Waals surface area (Å²) >= 11 is 0. The van der Waals surface area contributed by atoms with Crippen molar-refractivity contribution in [2.45, 2.75) is 13.8 Å². The normalized spacial score (nSPS) is 5.88. The molecule has 0 saturated carbocycles. The predicted molar refractivity (Wildman–Crippen MR) is 57.9 cm³/mol. The smallest absolute Gasteiger partial charge is 0.231 e. The maximum absolute atomic E-state index is 8.67. The molecule has 0 atom stereocenters. The minimum atomic E-state index is -0.0764. The van der Waals surface area contributed by atoms with Crippen LogP contribution in [-0.4, -0.2) is 22.4 Å². The molecule has 0 aliphatic carbocycles. The highest BCUT2D eigenvalue weighted by Crippen LogP contribution is 2.21. The van der Waals surface area contributed by atoms with Crippen LogP contribution in [0.1, 0.15) is 13.8 Å². The summed E-state index contributed by atoms with van der Waals surface area (Å²) < 4.78 is 0. The van der Waals surface area contributed by atoms with Crippen molar-refractivity contribution in [3.63, 3.8) is 0 Å². The zero-order chi connectivity index (χ0) is 13.4. The summed E-state index contributed by atoms with van der Waals surface area (Å²) in [7, 11) is 0. The van der Waals surface area contributed by atoms with Gasteiger partial charge in [-0.3, -0.25) is 0 Å². The Morgan fingerprint density at radius 3 is 1.25 bits per heavy atom. The molecule has 0 spiro atoms. The van der Waals surface area contributed by atoms with Crippen LogP contribution < -0.4 is 0 Å². The SMILES string of the molecule is CC.N=C=O.N=C=O.Oc1ccccc1O. The van der Waals surface area contributed by atoms with Crippen molar-refractivity contribution in [3.05, 3.63) is 24.3 Å². The molecule has 16 heavy (non-hydrogen) atoms. The summed E-state index contributed by atoms with van der Waals surface area (Å²) in [6, 6.07) is 6.15. The Morgan fingerprint density at radius 2 is 1.12 bits per heavy atom. The highest BCUT2D eigenvalue weighted by molar-refractivity contribution is 5.36. The van der Waals surface area contributed by atoms with Gasteiger partial charge in [-0.2, -0.15) is 0 Å². The van der Waals surface area contributed by atoms with E-state index in [1.165, 1.54) is 12.1 Å². The third kappa shape index (κ3) is 17.6. The number of para-hydroxylation sites is 2. The van der Waals surface area contributed by atoms with Crippen LogP contribution in [0.25, 0.3) is 0 Å². The van der Waals surface area contributed by atoms with E-state index in [1.54, 1.807) is 12.1 Å². The maximum atomic E-state index is 8.67. The van der Waals surface area contributed by atoms with Gasteiger partial charge < -0.3 is 10.2 Å². The second-order valence-electron chi connectivity index (χ2n) is 1.69. The van der Waals surface area contributed by atoms with Gasteiger partial charge in [0.05, 0.1) is 0 Å². The first-order valence-electron chi connectivity index (χ1n) is 4.18. The summed E-state index contributed by atoms with van der Waals surface area (Å²) in [4.78, 5) is 16.7. The van der Waals surface area contributed by atoms with Crippen LogP contribution >= 0.6 is 0 Å². The molecule has 0 radical (unpaired) electrons. The third-order valence-corrected chi connectivity index (χ3v) is 0.882. The molecule has 0 aromatic heterocycles. The van der Waals surface area contributed by atoms with Crippen molar-refractivity contribution < 1.29 is 19.8 Å². The molecule has 0 aliphatic rings. The second-order valence-corrected chi connectivity index (χ2v) is 1.69. The van der Waals surface area contributed by atoms with Gasteiger partial charge in [0.25, 0.3) is 0 Å². The molecule has 4 N–H and O–H groups in total. The summed E-state index contributed by atoms with van der Waals surface area (Å²) in [6.45, 7) is 4.00. The Hall–Kier alpha value is -2.42. The minimum Gasteiger partial charge on any atom is -0.504 e. The number of rotatable bonds is 0. The van der Waals surface area contributed by atoms with Gasteiger partial charge in [0.2, 0.25) is 12.2 Å². The molecule has 0 amide bonds. The fourth-order valence-electron chi connectivity index (χ4n) is 0.464. The topological polar surface area (TPSA) is 122 Å². The van der Waals surface area contributed by atoms with E-state index >= 15 is 0 Å². The Bertz CT molecular complexity index is 294. The van der Waals surface area contributed by atoms with Gasteiger partial charge in [-0.05, 0) is 12.1 Å². The third-order valence-electron chi connectivity index (χ3n) is 0.882. The number of aromatic hydroxyl groups is 2. The number of hydrogen-bond donors (Lipinski definition) is 4. The van der Waals surface area contributed by atoms with E-state index in [1.807, 2.05) is 13.8 Å². The van der Waals surface area contributed by atoms with Gasteiger partial charge in [-0.25, -0.2) is 20.4 Å². The molecule has 0 unspecified atom stereocenters. The second kappa shape index (κ2) is 18.4. The minimum absolute atomic E-state index is 0.0764. The summed E-state index contributed by atoms with van der Waals surface area (Å²) in [5, 5.41) is 28.1. The number of isocyanates is 2. The quantitative estimate of drug-likeness (QED) is 0.306. The zero-order valence-electron chi connectivity index (χ0n) is 9.02. The van der Waals surface area contributed by atoms with Gasteiger partial charge in [-0.15, -0.1) is 0 Å². The molecule has 0 bridgehead atoms. The number of benzene rings is 1. The van der Waals surface area contributed by atoms with Crippen LogP contribution in [0.4, 0.5) is 0 Å². The fraction of sp³-hybridized carbons (Fsp3) is 0.200. The van der Waals surface area contributed by atoms with E-state index in [9.17, 15) is 0 Å². The molecule has 88 valence electrons. The molecule has 0 saturated heterocycles. The van der Waals surface area contributed by atoms with E-state index in [0.717, 1.165) is 12.2 Å². The van der Waals surface area contributed by atoms with Crippen molar-refractivity contribution in [1.29, 1.82) is 10.8 Å². The highest BCUT2D eigenvalue weighted by atomic mass is 16.3. The van der Waals surface area contributed by atoms with E-state index in [-0.39, 0.29) is 11.5 Å². The van der Waals surface area contributed by atoms with Crippen LogP contribution in [0.3, 0.4) is 0 Å². The molecule has 0 fully saturated rings. The van der Waals surface area contributed by atoms with Crippen molar-refractivity contribution in [2.24, 2.45) is 0 Å². The number of nitrogens with one attached hydrogen (secondary N) is 2. The van der Waals surface area contributed by atoms with Gasteiger partial charge in [-0.1, -0.05) is 26.0 Å². The summed E-state index contributed by atoms with van der Waals surface area (Å²) in [6.07, 6.45) is 1.50. The Kier molecular flexibility index (Phi) is 22.1. The van der Waals surface area contributed by atoms with Crippen LogP contribution in [0, 0.1) is 10.8 Å². The average molecular weight is 226 g/mol. The molecule has 0 heterocycles. The molecule has 1 aromatic rings. The lowest BCUT2D eigenvalue weighted by Crippen LogP contribution is -1.63. The zero-order valence-corrected chi connectivity index (χ0v) is 9.02. The Balaban J connectivity index is -0.000000179. The lowest BCUT2D eigenvalue weighted by Gasteiger charge is -1.91. The van der Waals surface area contributed by atoms with Crippen LogP contribution in [0.2, 0.25) is 0 Å². The number of carbonyl (C=O) groups excluding carboxylic acids is 2. The molecule has 6 heteroatoms. The molecular formula is C10H14N2O4. The van der Waals surface area contributed by atoms with Crippen LogP contribution in [-0.2, 0) is 9.59 Å². The number of phenols is 2. The van der Waals surface area contributed by atoms with Crippen molar-refractivity contribution >= 4 is 12.2 Å². The highest BCUT2D eigenvalue weighted by Gasteiger charge is 1.90. The Labute approximate surface area is 93.2 Å². The van der Waals surface area contributed by atoms with Gasteiger partial charge in [0.15, 0.2) is 11.5 Å². The first kappa shape index (κ1) is 19.2. The van der Waals surface area contributed by atoms with Crippen molar-refractivity contribution in [1.82, 2.24) is 0 Å². The van der Waals surface area contributed by atoms with Crippen LogP contribution in [0.5, 0.6) is 11.5 Å². The molecule has 1 rings (SSSR count). The average Bonchev–Trinajstić information content (AvgIpc) is 2.28. The maximum Gasteiger partial charge on any atom is 0.231 e. The molecule has 6 nitrogen and oxygen atoms in total. The van der Waals surface area contributed by atoms with E-state index in [2.05, 4.69) is 0 Å². The number of phenolic OH excluding ortho intramolecular Hbond substituents is 2. The first-order valence-corrected chi connectivity index (χ1v) is 4.18. The number of hydrogen-bond acceptors (Lipinski definition) is 6. The van der Waals surface area contributed by atoms with E-state index < -0.39 is 0 Å². The summed E-state index contributed by atoms with van der Waals surface area (Å²) in [5.41, 5.74) is 0. The first-order chi connectivity index (χ1) is 7.63. The molecule has 1 aromatic carbocycles. The fourth-order valence-corrected chi connectivity index (χ4v) is 0.464.